The molecule has 0 radical (unpaired) electrons. The van der Waals surface area contributed by atoms with Crippen molar-refractivity contribution in [1.82, 2.24) is 14.9 Å². The van der Waals surface area contributed by atoms with Crippen LogP contribution in [-0.4, -0.2) is 21.6 Å². The Labute approximate surface area is 126 Å². The minimum absolute atomic E-state index is 0.111. The number of benzene rings is 1. The van der Waals surface area contributed by atoms with Gasteiger partial charge in [-0.15, -0.1) is 0 Å². The Bertz CT molecular complexity index is 621. The van der Waals surface area contributed by atoms with E-state index in [-0.39, 0.29) is 6.04 Å². The van der Waals surface area contributed by atoms with Crippen molar-refractivity contribution in [2.45, 2.75) is 58.7 Å². The maximum absolute atomic E-state index is 9.25. The van der Waals surface area contributed by atoms with Gasteiger partial charge in [-0.3, -0.25) is 5.32 Å². The molecule has 0 aliphatic carbocycles. The summed E-state index contributed by atoms with van der Waals surface area (Å²) < 4.78 is 2.27. The summed E-state index contributed by atoms with van der Waals surface area (Å²) in [4.78, 5) is 4.73. The SMILES string of the molecule is CCCc1nc2ccccc2n1CCC(C#N)NC(C)C. The Hall–Kier alpha value is -1.86. The lowest BCUT2D eigenvalue weighted by atomic mass is 10.2. The fourth-order valence-corrected chi connectivity index (χ4v) is 2.64. The molecule has 112 valence electrons. The Morgan fingerprint density at radius 1 is 1.33 bits per heavy atom. The lowest BCUT2D eigenvalue weighted by molar-refractivity contribution is 0.474. The second kappa shape index (κ2) is 7.24. The summed E-state index contributed by atoms with van der Waals surface area (Å²) in [6.07, 6.45) is 2.85. The molecule has 1 aromatic carbocycles. The number of aryl methyl sites for hydroxylation is 2. The van der Waals surface area contributed by atoms with E-state index < -0.39 is 0 Å². The van der Waals surface area contributed by atoms with Gasteiger partial charge in [0.2, 0.25) is 0 Å². The third-order valence-corrected chi connectivity index (χ3v) is 3.54. The first-order chi connectivity index (χ1) is 10.2. The highest BCUT2D eigenvalue weighted by Crippen LogP contribution is 2.18. The number of nitriles is 1. The zero-order valence-electron chi connectivity index (χ0n) is 13.1. The zero-order chi connectivity index (χ0) is 15.2. The van der Waals surface area contributed by atoms with Crippen LogP contribution in [0.15, 0.2) is 24.3 Å². The summed E-state index contributed by atoms with van der Waals surface area (Å²) in [6.45, 7) is 7.13. The number of nitrogens with zero attached hydrogens (tertiary/aromatic N) is 3. The molecule has 1 N–H and O–H groups in total. The molecule has 0 spiro atoms. The van der Waals surface area contributed by atoms with Crippen molar-refractivity contribution < 1.29 is 0 Å². The molecule has 0 amide bonds. The van der Waals surface area contributed by atoms with Gasteiger partial charge in [0, 0.05) is 19.0 Å². The Kier molecular flexibility index (Phi) is 5.35. The molecule has 0 saturated heterocycles. The van der Waals surface area contributed by atoms with E-state index in [0.717, 1.165) is 37.1 Å². The fraction of sp³-hybridized carbons (Fsp3) is 0.529. The molecule has 4 nitrogen and oxygen atoms in total. The summed E-state index contributed by atoms with van der Waals surface area (Å²) in [6, 6.07) is 10.8. The fourth-order valence-electron chi connectivity index (χ4n) is 2.64. The van der Waals surface area contributed by atoms with E-state index in [9.17, 15) is 5.26 Å². The molecule has 0 fully saturated rings. The normalized spacial score (nSPS) is 12.7. The molecule has 21 heavy (non-hydrogen) atoms. The van der Waals surface area contributed by atoms with Crippen molar-refractivity contribution in [3.05, 3.63) is 30.1 Å². The summed E-state index contributed by atoms with van der Waals surface area (Å²) >= 11 is 0. The number of rotatable bonds is 7. The molecule has 1 aromatic heterocycles. The van der Waals surface area contributed by atoms with E-state index in [4.69, 9.17) is 4.98 Å². The Balaban J connectivity index is 2.20. The average Bonchev–Trinajstić information content (AvgIpc) is 2.81. The van der Waals surface area contributed by atoms with Crippen molar-refractivity contribution >= 4 is 11.0 Å². The van der Waals surface area contributed by atoms with E-state index in [2.05, 4.69) is 48.9 Å². The predicted octanol–water partition coefficient (Wildman–Crippen LogP) is 3.27. The maximum Gasteiger partial charge on any atom is 0.109 e. The zero-order valence-corrected chi connectivity index (χ0v) is 13.1. The highest BCUT2D eigenvalue weighted by molar-refractivity contribution is 5.75. The van der Waals surface area contributed by atoms with Crippen molar-refractivity contribution in [2.24, 2.45) is 0 Å². The molecule has 0 aliphatic rings. The van der Waals surface area contributed by atoms with Crippen LogP contribution in [0.25, 0.3) is 11.0 Å². The van der Waals surface area contributed by atoms with Crippen LogP contribution >= 0.6 is 0 Å². The first-order valence-electron chi connectivity index (χ1n) is 7.75. The van der Waals surface area contributed by atoms with Gasteiger partial charge in [0.05, 0.1) is 23.1 Å². The number of fused-ring (bicyclic) bond motifs is 1. The van der Waals surface area contributed by atoms with Gasteiger partial charge in [-0.1, -0.05) is 19.1 Å². The van der Waals surface area contributed by atoms with Crippen LogP contribution in [0.3, 0.4) is 0 Å². The first kappa shape index (κ1) is 15.5. The third-order valence-electron chi connectivity index (χ3n) is 3.54. The minimum Gasteiger partial charge on any atom is -0.328 e. The van der Waals surface area contributed by atoms with Crippen LogP contribution in [0.5, 0.6) is 0 Å². The molecule has 4 heteroatoms. The van der Waals surface area contributed by atoms with Gasteiger partial charge in [0.25, 0.3) is 0 Å². The predicted molar refractivity (Wildman–Crippen MR) is 86.0 cm³/mol. The van der Waals surface area contributed by atoms with Crippen LogP contribution in [0.4, 0.5) is 0 Å². The summed E-state index contributed by atoms with van der Waals surface area (Å²) in [5.74, 6) is 1.12. The quantitative estimate of drug-likeness (QED) is 0.849. The lowest BCUT2D eigenvalue weighted by Crippen LogP contribution is -2.34. The van der Waals surface area contributed by atoms with Gasteiger partial charge in [-0.25, -0.2) is 4.98 Å². The lowest BCUT2D eigenvalue weighted by Gasteiger charge is -2.16. The number of aromatic nitrogens is 2. The van der Waals surface area contributed by atoms with Crippen LogP contribution in [0, 0.1) is 11.3 Å². The minimum atomic E-state index is -0.111. The molecule has 0 bridgehead atoms. The number of hydrogen-bond donors (Lipinski definition) is 1. The number of nitrogens with one attached hydrogen (secondary N) is 1. The van der Waals surface area contributed by atoms with E-state index >= 15 is 0 Å². The third kappa shape index (κ3) is 3.83. The molecule has 0 saturated carbocycles. The van der Waals surface area contributed by atoms with Crippen molar-refractivity contribution in [3.8, 4) is 6.07 Å². The first-order valence-corrected chi connectivity index (χ1v) is 7.75. The molecular formula is C17H24N4. The molecular weight excluding hydrogens is 260 g/mol. The van der Waals surface area contributed by atoms with E-state index in [1.807, 2.05) is 12.1 Å². The van der Waals surface area contributed by atoms with Gasteiger partial charge in [-0.2, -0.15) is 5.26 Å². The molecule has 1 heterocycles. The van der Waals surface area contributed by atoms with Gasteiger partial charge in [-0.05, 0) is 38.8 Å². The molecule has 1 unspecified atom stereocenters. The van der Waals surface area contributed by atoms with Crippen molar-refractivity contribution in [3.63, 3.8) is 0 Å². The van der Waals surface area contributed by atoms with Crippen LogP contribution in [0.2, 0.25) is 0 Å². The molecule has 1 atom stereocenters. The largest absolute Gasteiger partial charge is 0.328 e. The second-order valence-electron chi connectivity index (χ2n) is 5.71. The number of hydrogen-bond acceptors (Lipinski definition) is 3. The average molecular weight is 284 g/mol. The van der Waals surface area contributed by atoms with Crippen LogP contribution in [-0.2, 0) is 13.0 Å². The Morgan fingerprint density at radius 3 is 2.76 bits per heavy atom. The molecule has 2 rings (SSSR count). The van der Waals surface area contributed by atoms with Crippen molar-refractivity contribution in [2.75, 3.05) is 0 Å². The van der Waals surface area contributed by atoms with Crippen molar-refractivity contribution in [1.29, 1.82) is 5.26 Å². The highest BCUT2D eigenvalue weighted by atomic mass is 15.1. The topological polar surface area (TPSA) is 53.6 Å². The van der Waals surface area contributed by atoms with Gasteiger partial charge >= 0.3 is 0 Å². The van der Waals surface area contributed by atoms with Gasteiger partial charge < -0.3 is 4.57 Å². The number of imidazole rings is 1. The van der Waals surface area contributed by atoms with Gasteiger partial charge in [0.15, 0.2) is 0 Å². The summed E-state index contributed by atoms with van der Waals surface area (Å²) in [7, 11) is 0. The van der Waals surface area contributed by atoms with Gasteiger partial charge in [0.1, 0.15) is 5.82 Å². The van der Waals surface area contributed by atoms with E-state index in [1.54, 1.807) is 0 Å². The highest BCUT2D eigenvalue weighted by Gasteiger charge is 2.13. The number of para-hydroxylation sites is 2. The smallest absolute Gasteiger partial charge is 0.109 e. The van der Waals surface area contributed by atoms with E-state index in [0.29, 0.717) is 6.04 Å². The van der Waals surface area contributed by atoms with Crippen LogP contribution < -0.4 is 5.32 Å². The molecule has 2 aromatic rings. The summed E-state index contributed by atoms with van der Waals surface area (Å²) in [5.41, 5.74) is 2.22. The monoisotopic (exact) mass is 284 g/mol. The maximum atomic E-state index is 9.25. The Morgan fingerprint density at radius 2 is 2.10 bits per heavy atom. The summed E-state index contributed by atoms with van der Waals surface area (Å²) in [5, 5.41) is 12.5. The van der Waals surface area contributed by atoms with Crippen LogP contribution in [0.1, 0.15) is 39.4 Å². The standard InChI is InChI=1S/C17H24N4/c1-4-7-17-20-15-8-5-6-9-16(15)21(17)11-10-14(12-18)19-13(2)3/h5-6,8-9,13-14,19H,4,7,10-11H2,1-3H3. The second-order valence-corrected chi connectivity index (χ2v) is 5.71. The van der Waals surface area contributed by atoms with E-state index in [1.165, 1.54) is 5.52 Å². The molecule has 0 aliphatic heterocycles.